The zero-order valence-corrected chi connectivity index (χ0v) is 11.4. The highest BCUT2D eigenvalue weighted by Gasteiger charge is 2.10. The van der Waals surface area contributed by atoms with Crippen molar-refractivity contribution in [2.45, 2.75) is 0 Å². The molecule has 5 nitrogen and oxygen atoms in total. The lowest BCUT2D eigenvalue weighted by Crippen LogP contribution is -1.86. The first-order chi connectivity index (χ1) is 10.1. The van der Waals surface area contributed by atoms with Crippen LogP contribution < -0.4 is 0 Å². The van der Waals surface area contributed by atoms with E-state index in [0.29, 0.717) is 22.0 Å². The SMILES string of the molecule is O=[N+]([O-])c1ccc2oc(/C=C/c3ccc(Cl)cc3)nc2c1. The van der Waals surface area contributed by atoms with E-state index in [9.17, 15) is 10.1 Å². The molecule has 3 rings (SSSR count). The van der Waals surface area contributed by atoms with Crippen molar-refractivity contribution in [1.82, 2.24) is 4.98 Å². The second-order valence-electron chi connectivity index (χ2n) is 4.35. The van der Waals surface area contributed by atoms with E-state index < -0.39 is 4.92 Å². The van der Waals surface area contributed by atoms with Gasteiger partial charge in [0.1, 0.15) is 5.52 Å². The van der Waals surface area contributed by atoms with Gasteiger partial charge in [0.2, 0.25) is 5.89 Å². The van der Waals surface area contributed by atoms with Crippen molar-refractivity contribution < 1.29 is 9.34 Å². The number of benzene rings is 2. The van der Waals surface area contributed by atoms with Crippen LogP contribution in [0.5, 0.6) is 0 Å². The summed E-state index contributed by atoms with van der Waals surface area (Å²) in [5, 5.41) is 11.4. The van der Waals surface area contributed by atoms with Crippen LogP contribution in [0.3, 0.4) is 0 Å². The van der Waals surface area contributed by atoms with Crippen molar-refractivity contribution in [3.05, 3.63) is 69.1 Å². The first-order valence-corrected chi connectivity index (χ1v) is 6.48. The predicted molar refractivity (Wildman–Crippen MR) is 81.0 cm³/mol. The number of nitro benzene ring substituents is 1. The first kappa shape index (κ1) is 13.3. The molecule has 6 heteroatoms. The molecule has 2 aromatic carbocycles. The topological polar surface area (TPSA) is 69.2 Å². The van der Waals surface area contributed by atoms with Crippen LogP contribution in [0.1, 0.15) is 11.5 Å². The number of rotatable bonds is 3. The highest BCUT2D eigenvalue weighted by atomic mass is 35.5. The molecule has 0 N–H and O–H groups in total. The largest absolute Gasteiger partial charge is 0.437 e. The minimum atomic E-state index is -0.461. The molecule has 0 bridgehead atoms. The molecule has 21 heavy (non-hydrogen) atoms. The molecule has 3 aromatic rings. The maximum atomic E-state index is 10.7. The molecular formula is C15H9ClN2O3. The van der Waals surface area contributed by atoms with Crippen LogP contribution in [-0.4, -0.2) is 9.91 Å². The van der Waals surface area contributed by atoms with Gasteiger partial charge in [-0.1, -0.05) is 23.7 Å². The Morgan fingerprint density at radius 2 is 1.90 bits per heavy atom. The Hall–Kier alpha value is -2.66. The maximum Gasteiger partial charge on any atom is 0.271 e. The quantitative estimate of drug-likeness (QED) is 0.525. The summed E-state index contributed by atoms with van der Waals surface area (Å²) < 4.78 is 5.50. The third-order valence-corrected chi connectivity index (χ3v) is 3.14. The molecule has 104 valence electrons. The molecule has 0 spiro atoms. The van der Waals surface area contributed by atoms with E-state index in [0.717, 1.165) is 5.56 Å². The summed E-state index contributed by atoms with van der Waals surface area (Å²) >= 11 is 5.81. The minimum Gasteiger partial charge on any atom is -0.437 e. The number of nitrogens with zero attached hydrogens (tertiary/aromatic N) is 2. The normalized spacial score (nSPS) is 11.3. The Bertz CT molecular complexity index is 838. The lowest BCUT2D eigenvalue weighted by atomic mass is 10.2. The summed E-state index contributed by atoms with van der Waals surface area (Å²) in [6, 6.07) is 11.6. The van der Waals surface area contributed by atoms with Crippen LogP contribution in [0.2, 0.25) is 5.02 Å². The molecule has 0 radical (unpaired) electrons. The van der Waals surface area contributed by atoms with Gasteiger partial charge >= 0.3 is 0 Å². The third-order valence-electron chi connectivity index (χ3n) is 2.89. The van der Waals surface area contributed by atoms with Crippen molar-refractivity contribution in [3.63, 3.8) is 0 Å². The number of oxazole rings is 1. The smallest absolute Gasteiger partial charge is 0.271 e. The standard InChI is InChI=1S/C15H9ClN2O3/c16-11-4-1-10(2-5-11)3-8-15-17-13-9-12(18(19)20)6-7-14(13)21-15/h1-9H/b8-3+. The molecule has 0 saturated carbocycles. The molecule has 0 aliphatic heterocycles. The van der Waals surface area contributed by atoms with E-state index in [1.807, 2.05) is 18.2 Å². The van der Waals surface area contributed by atoms with E-state index in [2.05, 4.69) is 4.98 Å². The van der Waals surface area contributed by atoms with Crippen molar-refractivity contribution >= 4 is 40.5 Å². The van der Waals surface area contributed by atoms with Crippen molar-refractivity contribution in [1.29, 1.82) is 0 Å². The van der Waals surface area contributed by atoms with E-state index >= 15 is 0 Å². The van der Waals surface area contributed by atoms with E-state index in [1.54, 1.807) is 24.3 Å². The number of nitro groups is 1. The van der Waals surface area contributed by atoms with Crippen LogP contribution in [0.25, 0.3) is 23.3 Å². The van der Waals surface area contributed by atoms with Gasteiger partial charge in [-0.3, -0.25) is 10.1 Å². The fourth-order valence-electron chi connectivity index (χ4n) is 1.86. The summed E-state index contributed by atoms with van der Waals surface area (Å²) in [4.78, 5) is 14.5. The van der Waals surface area contributed by atoms with Crippen LogP contribution in [0.4, 0.5) is 5.69 Å². The first-order valence-electron chi connectivity index (χ1n) is 6.10. The van der Waals surface area contributed by atoms with E-state index in [-0.39, 0.29) is 5.69 Å². The molecule has 0 aliphatic carbocycles. The Morgan fingerprint density at radius 1 is 1.14 bits per heavy atom. The van der Waals surface area contributed by atoms with Crippen molar-refractivity contribution in [2.75, 3.05) is 0 Å². The predicted octanol–water partition coefficient (Wildman–Crippen LogP) is 4.56. The van der Waals surface area contributed by atoms with Gasteiger partial charge in [-0.15, -0.1) is 0 Å². The molecule has 0 atom stereocenters. The molecule has 1 aromatic heterocycles. The summed E-state index contributed by atoms with van der Waals surface area (Å²) in [6.07, 6.45) is 3.53. The Morgan fingerprint density at radius 3 is 2.62 bits per heavy atom. The van der Waals surface area contributed by atoms with Gasteiger partial charge in [0.25, 0.3) is 5.69 Å². The molecule has 0 fully saturated rings. The highest BCUT2D eigenvalue weighted by Crippen LogP contribution is 2.22. The molecule has 0 amide bonds. The van der Waals surface area contributed by atoms with Gasteiger partial charge in [0.05, 0.1) is 4.92 Å². The highest BCUT2D eigenvalue weighted by molar-refractivity contribution is 6.30. The average molecular weight is 301 g/mol. The summed E-state index contributed by atoms with van der Waals surface area (Å²) in [6.45, 7) is 0. The summed E-state index contributed by atoms with van der Waals surface area (Å²) in [5.41, 5.74) is 1.91. The molecule has 1 heterocycles. The Kier molecular flexibility index (Phi) is 3.41. The third kappa shape index (κ3) is 2.93. The monoisotopic (exact) mass is 300 g/mol. The van der Waals surface area contributed by atoms with Crippen molar-refractivity contribution in [2.24, 2.45) is 0 Å². The van der Waals surface area contributed by atoms with Gasteiger partial charge in [0, 0.05) is 23.2 Å². The van der Waals surface area contributed by atoms with Crippen LogP contribution in [0, 0.1) is 10.1 Å². The lowest BCUT2D eigenvalue weighted by Gasteiger charge is -1.92. The van der Waals surface area contributed by atoms with Crippen LogP contribution >= 0.6 is 11.6 Å². The second kappa shape index (κ2) is 5.38. The van der Waals surface area contributed by atoms with E-state index in [1.165, 1.54) is 12.1 Å². The summed E-state index contributed by atoms with van der Waals surface area (Å²) in [7, 11) is 0. The number of fused-ring (bicyclic) bond motifs is 1. The zero-order valence-electron chi connectivity index (χ0n) is 10.7. The molecular weight excluding hydrogens is 292 g/mol. The number of aromatic nitrogens is 1. The van der Waals surface area contributed by atoms with Crippen LogP contribution in [-0.2, 0) is 0 Å². The fraction of sp³-hybridized carbons (Fsp3) is 0. The second-order valence-corrected chi connectivity index (χ2v) is 4.78. The number of hydrogen-bond acceptors (Lipinski definition) is 4. The van der Waals surface area contributed by atoms with Gasteiger partial charge in [-0.05, 0) is 29.8 Å². The maximum absolute atomic E-state index is 10.7. The zero-order chi connectivity index (χ0) is 14.8. The molecule has 0 saturated heterocycles. The number of halogens is 1. The number of hydrogen-bond donors (Lipinski definition) is 0. The molecule has 0 unspecified atom stereocenters. The van der Waals surface area contributed by atoms with Gasteiger partial charge in [0.15, 0.2) is 5.58 Å². The average Bonchev–Trinajstić information content (AvgIpc) is 2.88. The molecule has 0 aliphatic rings. The summed E-state index contributed by atoms with van der Waals surface area (Å²) in [5.74, 6) is 0.389. The Balaban J connectivity index is 1.90. The lowest BCUT2D eigenvalue weighted by molar-refractivity contribution is -0.384. The fourth-order valence-corrected chi connectivity index (χ4v) is 1.99. The number of non-ortho nitro benzene ring substituents is 1. The van der Waals surface area contributed by atoms with Crippen molar-refractivity contribution in [3.8, 4) is 0 Å². The van der Waals surface area contributed by atoms with Gasteiger partial charge in [-0.25, -0.2) is 4.98 Å². The van der Waals surface area contributed by atoms with Crippen LogP contribution in [0.15, 0.2) is 46.9 Å². The van der Waals surface area contributed by atoms with Gasteiger partial charge < -0.3 is 4.42 Å². The Labute approximate surface area is 124 Å². The minimum absolute atomic E-state index is 0.0102. The van der Waals surface area contributed by atoms with Gasteiger partial charge in [-0.2, -0.15) is 0 Å². The van der Waals surface area contributed by atoms with E-state index in [4.69, 9.17) is 16.0 Å².